The number of nitrogens with one attached hydrogen (secondary N) is 1. The number of carbonyl (C=O) groups excluding carboxylic acids is 1. The van der Waals surface area contributed by atoms with Crippen LogP contribution in [0.25, 0.3) is 0 Å². The molecule has 2 saturated heterocycles. The van der Waals surface area contributed by atoms with Crippen molar-refractivity contribution in [1.82, 2.24) is 10.2 Å². The number of benzene rings is 1. The number of amides is 1. The van der Waals surface area contributed by atoms with E-state index in [1.807, 2.05) is 19.9 Å². The third-order valence-corrected chi connectivity index (χ3v) is 6.26. The number of nitrogens with zero attached hydrogens (tertiary/aromatic N) is 1. The Labute approximate surface area is 154 Å². The molecular weight excluding hydrogens is 336 g/mol. The van der Waals surface area contributed by atoms with Crippen LogP contribution in [0.4, 0.5) is 0 Å². The normalized spacial score (nSPS) is 30.5. The summed E-state index contributed by atoms with van der Waals surface area (Å²) in [5, 5.41) is 3.87. The summed E-state index contributed by atoms with van der Waals surface area (Å²) in [6.07, 6.45) is 6.64. The number of hydrogen-bond donors (Lipinski definition) is 1. The third kappa shape index (κ3) is 3.26. The van der Waals surface area contributed by atoms with Crippen LogP contribution in [0.3, 0.4) is 0 Å². The first-order valence-electron chi connectivity index (χ1n) is 9.36. The second-order valence-corrected chi connectivity index (χ2v) is 8.96. The number of carbonyl (C=O) groups is 1. The van der Waals surface area contributed by atoms with E-state index in [9.17, 15) is 4.79 Å². The van der Waals surface area contributed by atoms with Crippen molar-refractivity contribution in [2.45, 2.75) is 76.1 Å². The van der Waals surface area contributed by atoms with Crippen LogP contribution in [0.5, 0.6) is 5.75 Å². The Morgan fingerprint density at radius 2 is 1.96 bits per heavy atom. The van der Waals surface area contributed by atoms with E-state index < -0.39 is 0 Å². The first kappa shape index (κ1) is 17.2. The first-order valence-corrected chi connectivity index (χ1v) is 9.74. The van der Waals surface area contributed by atoms with Gasteiger partial charge in [-0.2, -0.15) is 0 Å². The average Bonchev–Trinajstić information content (AvgIpc) is 2.81. The molecule has 2 bridgehead atoms. The van der Waals surface area contributed by atoms with Crippen molar-refractivity contribution >= 4 is 17.5 Å². The maximum Gasteiger partial charge on any atom is 0.255 e. The number of halogens is 1. The summed E-state index contributed by atoms with van der Waals surface area (Å²) in [5.41, 5.74) is 1.33. The summed E-state index contributed by atoms with van der Waals surface area (Å²) in [7, 11) is 2.23. The van der Waals surface area contributed by atoms with Gasteiger partial charge in [-0.15, -0.1) is 0 Å². The van der Waals surface area contributed by atoms with Gasteiger partial charge in [-0.25, -0.2) is 0 Å². The van der Waals surface area contributed by atoms with Crippen molar-refractivity contribution in [3.63, 3.8) is 0 Å². The largest absolute Gasteiger partial charge is 0.486 e. The Kier molecular flexibility index (Phi) is 4.24. The number of ether oxygens (including phenoxy) is 1. The van der Waals surface area contributed by atoms with Crippen LogP contribution >= 0.6 is 11.6 Å². The molecule has 4 nitrogen and oxygen atoms in total. The maximum absolute atomic E-state index is 13.0. The minimum absolute atomic E-state index is 0.0518. The SMILES string of the molecule is CN1C2CCCC1CC(NC(=O)c1cc(Cl)cc3c1OC(C)(C)C3)C2. The van der Waals surface area contributed by atoms with Gasteiger partial charge in [0.05, 0.1) is 5.56 Å². The predicted octanol–water partition coefficient (Wildman–Crippen LogP) is 3.80. The van der Waals surface area contributed by atoms with Gasteiger partial charge in [0.15, 0.2) is 0 Å². The van der Waals surface area contributed by atoms with Crippen molar-refractivity contribution in [3.8, 4) is 5.75 Å². The summed E-state index contributed by atoms with van der Waals surface area (Å²) < 4.78 is 6.05. The smallest absolute Gasteiger partial charge is 0.255 e. The van der Waals surface area contributed by atoms with Crippen LogP contribution in [-0.4, -0.2) is 41.6 Å². The number of rotatable bonds is 2. The molecule has 0 aliphatic carbocycles. The Bertz CT molecular complexity index is 689. The average molecular weight is 363 g/mol. The molecule has 3 aliphatic heterocycles. The minimum Gasteiger partial charge on any atom is -0.486 e. The fourth-order valence-corrected chi connectivity index (χ4v) is 5.08. The number of fused-ring (bicyclic) bond motifs is 3. The van der Waals surface area contributed by atoms with Gasteiger partial charge < -0.3 is 15.0 Å². The zero-order chi connectivity index (χ0) is 17.8. The van der Waals surface area contributed by atoms with Crippen molar-refractivity contribution < 1.29 is 9.53 Å². The van der Waals surface area contributed by atoms with Gasteiger partial charge in [-0.05, 0) is 58.7 Å². The summed E-state index contributed by atoms with van der Waals surface area (Å²) in [4.78, 5) is 15.5. The number of piperidine rings is 2. The van der Waals surface area contributed by atoms with Crippen LogP contribution in [0, 0.1) is 0 Å². The molecule has 1 aromatic rings. The lowest BCUT2D eigenvalue weighted by Gasteiger charge is -2.47. The van der Waals surface area contributed by atoms with Gasteiger partial charge in [0.2, 0.25) is 0 Å². The molecule has 2 fully saturated rings. The van der Waals surface area contributed by atoms with Crippen LogP contribution in [-0.2, 0) is 6.42 Å². The highest BCUT2D eigenvalue weighted by atomic mass is 35.5. The summed E-state index contributed by atoms with van der Waals surface area (Å²) in [6.45, 7) is 4.08. The molecule has 3 heterocycles. The van der Waals surface area contributed by atoms with Crippen LogP contribution < -0.4 is 10.1 Å². The quantitative estimate of drug-likeness (QED) is 0.870. The monoisotopic (exact) mass is 362 g/mol. The maximum atomic E-state index is 13.0. The van der Waals surface area contributed by atoms with E-state index in [0.29, 0.717) is 28.4 Å². The van der Waals surface area contributed by atoms with Crippen molar-refractivity contribution in [1.29, 1.82) is 0 Å². The zero-order valence-electron chi connectivity index (χ0n) is 15.3. The molecule has 1 aromatic carbocycles. The fourth-order valence-electron chi connectivity index (χ4n) is 4.84. The predicted molar refractivity (Wildman–Crippen MR) is 99.5 cm³/mol. The Hall–Kier alpha value is -1.26. The molecule has 25 heavy (non-hydrogen) atoms. The molecule has 3 aliphatic rings. The van der Waals surface area contributed by atoms with Crippen LogP contribution in [0.2, 0.25) is 5.02 Å². The molecule has 2 unspecified atom stereocenters. The van der Waals surface area contributed by atoms with Gasteiger partial charge >= 0.3 is 0 Å². The standard InChI is InChI=1S/C20H27ClN2O2/c1-20(2)11-12-7-13(21)8-17(18(12)25-20)19(24)22-14-9-15-5-4-6-16(10-14)23(15)3/h7-8,14-16H,4-6,9-11H2,1-3H3,(H,22,24). The van der Waals surface area contributed by atoms with E-state index in [0.717, 1.165) is 24.8 Å². The Balaban J connectivity index is 1.53. The molecule has 0 radical (unpaired) electrons. The molecule has 2 atom stereocenters. The fraction of sp³-hybridized carbons (Fsp3) is 0.650. The Morgan fingerprint density at radius 3 is 2.64 bits per heavy atom. The molecule has 0 aromatic heterocycles. The van der Waals surface area contributed by atoms with Crippen LogP contribution in [0.15, 0.2) is 12.1 Å². The molecule has 1 amide bonds. The molecule has 0 spiro atoms. The van der Waals surface area contributed by atoms with E-state index in [4.69, 9.17) is 16.3 Å². The van der Waals surface area contributed by atoms with Gasteiger partial charge in [0, 0.05) is 35.1 Å². The highest BCUT2D eigenvalue weighted by molar-refractivity contribution is 6.31. The summed E-state index contributed by atoms with van der Waals surface area (Å²) in [5.74, 6) is 0.657. The lowest BCUT2D eigenvalue weighted by atomic mass is 9.82. The second kappa shape index (κ2) is 6.17. The van der Waals surface area contributed by atoms with Crippen molar-refractivity contribution in [3.05, 3.63) is 28.3 Å². The zero-order valence-corrected chi connectivity index (χ0v) is 16.0. The van der Waals surface area contributed by atoms with E-state index in [2.05, 4.69) is 17.3 Å². The molecule has 136 valence electrons. The lowest BCUT2D eigenvalue weighted by Crippen LogP contribution is -2.55. The van der Waals surface area contributed by atoms with E-state index in [1.165, 1.54) is 19.3 Å². The van der Waals surface area contributed by atoms with Crippen molar-refractivity contribution in [2.24, 2.45) is 0 Å². The summed E-state index contributed by atoms with van der Waals surface area (Å²) in [6, 6.07) is 5.09. The lowest BCUT2D eigenvalue weighted by molar-refractivity contribution is 0.0461. The first-order chi connectivity index (χ1) is 11.8. The van der Waals surface area contributed by atoms with E-state index in [-0.39, 0.29) is 17.6 Å². The van der Waals surface area contributed by atoms with Crippen LogP contribution in [0.1, 0.15) is 61.9 Å². The molecule has 5 heteroatoms. The number of hydrogen-bond acceptors (Lipinski definition) is 3. The van der Waals surface area contributed by atoms with Gasteiger partial charge in [-0.1, -0.05) is 18.0 Å². The van der Waals surface area contributed by atoms with Gasteiger partial charge in [0.1, 0.15) is 11.4 Å². The Morgan fingerprint density at radius 1 is 1.28 bits per heavy atom. The highest BCUT2D eigenvalue weighted by Crippen LogP contribution is 2.40. The molecule has 1 N–H and O–H groups in total. The molecule has 4 rings (SSSR count). The van der Waals surface area contributed by atoms with E-state index in [1.54, 1.807) is 6.07 Å². The summed E-state index contributed by atoms with van der Waals surface area (Å²) >= 11 is 6.26. The topological polar surface area (TPSA) is 41.6 Å². The third-order valence-electron chi connectivity index (χ3n) is 6.04. The van der Waals surface area contributed by atoms with E-state index >= 15 is 0 Å². The molecular formula is C20H27ClN2O2. The highest BCUT2D eigenvalue weighted by Gasteiger charge is 2.38. The second-order valence-electron chi connectivity index (χ2n) is 8.53. The van der Waals surface area contributed by atoms with Crippen molar-refractivity contribution in [2.75, 3.05) is 7.05 Å². The minimum atomic E-state index is -0.285. The van der Waals surface area contributed by atoms with Gasteiger partial charge in [0.25, 0.3) is 5.91 Å². The van der Waals surface area contributed by atoms with Gasteiger partial charge in [-0.3, -0.25) is 4.79 Å². The molecule has 0 saturated carbocycles.